The Morgan fingerprint density at radius 1 is 0.868 bits per heavy atom. The summed E-state index contributed by atoms with van der Waals surface area (Å²) in [5.41, 5.74) is 2.21. The number of carboxylic acid groups (broad SMARTS) is 4. The first-order valence-electron chi connectivity index (χ1n) is 12.1. The number of hydrogen-bond donors (Lipinski definition) is 5. The van der Waals surface area contributed by atoms with Crippen molar-refractivity contribution in [3.8, 4) is 0 Å². The summed E-state index contributed by atoms with van der Waals surface area (Å²) in [6.45, 7) is 11.3. The molecule has 2 aromatic rings. The molecule has 5 N–H and O–H groups in total. The number of aromatic nitrogens is 2. The molecule has 3 rings (SSSR count). The quantitative estimate of drug-likeness (QED) is 0.213. The molecule has 1 aromatic carbocycles. The average molecular weight is 541 g/mol. The minimum Gasteiger partial charge on any atom is -0.473 e. The van der Waals surface area contributed by atoms with Crippen molar-refractivity contribution in [1.29, 1.82) is 0 Å². The first-order chi connectivity index (χ1) is 18.1. The van der Waals surface area contributed by atoms with E-state index in [2.05, 4.69) is 33.0 Å². The Morgan fingerprint density at radius 3 is 1.87 bits per heavy atom. The second-order valence-corrected chi connectivity index (χ2v) is 7.95. The lowest BCUT2D eigenvalue weighted by atomic mass is 10.1. The lowest BCUT2D eigenvalue weighted by molar-refractivity contribution is -0.159. The van der Waals surface area contributed by atoms with Crippen LogP contribution in [0.25, 0.3) is 11.0 Å². The molecule has 14 nitrogen and oxygen atoms in total. The molecule has 0 saturated carbocycles. The Labute approximate surface area is 219 Å². The highest BCUT2D eigenvalue weighted by atomic mass is 16.5. The van der Waals surface area contributed by atoms with Gasteiger partial charge in [-0.2, -0.15) is 0 Å². The van der Waals surface area contributed by atoms with Gasteiger partial charge < -0.3 is 44.7 Å². The van der Waals surface area contributed by atoms with Crippen LogP contribution in [0.5, 0.6) is 0 Å². The number of carbonyl (C=O) groups is 4. The normalized spacial score (nSPS) is 13.5. The van der Waals surface area contributed by atoms with Crippen molar-refractivity contribution in [3.05, 3.63) is 24.3 Å². The summed E-state index contributed by atoms with van der Waals surface area (Å²) in [4.78, 5) is 43.7. The summed E-state index contributed by atoms with van der Waals surface area (Å²) in [6, 6.07) is 8.80. The van der Waals surface area contributed by atoms with Gasteiger partial charge in [0.05, 0.1) is 24.2 Å². The van der Waals surface area contributed by atoms with Crippen LogP contribution in [0.15, 0.2) is 24.3 Å². The fraction of sp³-hybridized carbons (Fsp3) is 0.542. The third-order valence-corrected chi connectivity index (χ3v) is 5.36. The molecular formula is C24H36N4O10. The number of benzene rings is 1. The summed E-state index contributed by atoms with van der Waals surface area (Å²) >= 11 is 0. The largest absolute Gasteiger partial charge is 0.473 e. The molecule has 0 amide bonds. The molecule has 14 heteroatoms. The molecule has 0 spiro atoms. The first-order valence-corrected chi connectivity index (χ1v) is 12.1. The summed E-state index contributed by atoms with van der Waals surface area (Å²) in [5, 5.41) is 33.3. The molecule has 1 saturated heterocycles. The molecular weight excluding hydrogens is 504 g/mol. The fourth-order valence-corrected chi connectivity index (χ4v) is 3.53. The van der Waals surface area contributed by atoms with Gasteiger partial charge in [0.15, 0.2) is 0 Å². The van der Waals surface area contributed by atoms with E-state index in [0.29, 0.717) is 12.6 Å². The van der Waals surface area contributed by atoms with E-state index in [0.717, 1.165) is 70.3 Å². The van der Waals surface area contributed by atoms with E-state index in [1.807, 2.05) is 19.9 Å². The maximum atomic E-state index is 9.10. The molecule has 1 aliphatic rings. The molecule has 38 heavy (non-hydrogen) atoms. The van der Waals surface area contributed by atoms with Crippen LogP contribution >= 0.6 is 0 Å². The van der Waals surface area contributed by atoms with Crippen LogP contribution in [-0.4, -0.2) is 111 Å². The number of fused-ring (bicyclic) bond motifs is 1. The van der Waals surface area contributed by atoms with E-state index in [9.17, 15) is 0 Å². The fourth-order valence-electron chi connectivity index (χ4n) is 3.53. The van der Waals surface area contributed by atoms with E-state index < -0.39 is 23.9 Å². The van der Waals surface area contributed by atoms with Crippen LogP contribution < -0.4 is 5.32 Å². The maximum Gasteiger partial charge on any atom is 0.414 e. The van der Waals surface area contributed by atoms with Crippen LogP contribution in [0.3, 0.4) is 0 Å². The predicted molar refractivity (Wildman–Crippen MR) is 136 cm³/mol. The number of ether oxygens (including phenoxy) is 2. The summed E-state index contributed by atoms with van der Waals surface area (Å²) in [7, 11) is 0. The van der Waals surface area contributed by atoms with Gasteiger partial charge in [-0.05, 0) is 38.8 Å². The number of aliphatic carboxylic acids is 4. The monoisotopic (exact) mass is 540 g/mol. The molecule has 1 fully saturated rings. The molecule has 212 valence electrons. The van der Waals surface area contributed by atoms with E-state index in [1.54, 1.807) is 0 Å². The Balaban J connectivity index is 0.000000503. The number of piperidine rings is 1. The first kappa shape index (κ1) is 32.3. The molecule has 0 radical (unpaired) electrons. The van der Waals surface area contributed by atoms with Crippen LogP contribution in [0, 0.1) is 0 Å². The minimum absolute atomic E-state index is 0.473. The number of nitrogens with one attached hydrogen (secondary N) is 1. The van der Waals surface area contributed by atoms with Crippen LogP contribution in [-0.2, 0) is 35.2 Å². The maximum absolute atomic E-state index is 9.10. The van der Waals surface area contributed by atoms with Gasteiger partial charge in [0.25, 0.3) is 0 Å². The smallest absolute Gasteiger partial charge is 0.414 e. The molecule has 0 aliphatic carbocycles. The summed E-state index contributed by atoms with van der Waals surface area (Å²) < 4.78 is 13.3. The van der Waals surface area contributed by atoms with E-state index in [-0.39, 0.29) is 0 Å². The molecule has 0 unspecified atom stereocenters. The second-order valence-electron chi connectivity index (χ2n) is 7.95. The van der Waals surface area contributed by atoms with Gasteiger partial charge in [0.1, 0.15) is 0 Å². The number of imidazole rings is 1. The lowest BCUT2D eigenvalue weighted by Crippen LogP contribution is -2.41. The summed E-state index contributed by atoms with van der Waals surface area (Å²) in [6.07, 6.45) is 2.28. The van der Waals surface area contributed by atoms with Crippen LogP contribution in [0.1, 0.15) is 26.7 Å². The molecule has 2 heterocycles. The van der Waals surface area contributed by atoms with Crippen molar-refractivity contribution in [2.24, 2.45) is 0 Å². The number of hydrogen-bond acceptors (Lipinski definition) is 9. The standard InChI is InChI=1S/C20H32N4O2.2C2H2O4/c1-3-25-15-13-23-11-9-17(10-12-23)21-20-22-18-7-5-6-8-19(18)24(20)14-16-26-4-2;2*3-1(4)2(5)6/h5-8,17H,3-4,9-16H2,1-2H3,(H,21,22);2*(H,3,4)(H,5,6). The van der Waals surface area contributed by atoms with Gasteiger partial charge in [-0.15, -0.1) is 0 Å². The molecule has 1 aliphatic heterocycles. The number of rotatable bonds is 10. The van der Waals surface area contributed by atoms with Gasteiger partial charge in [-0.25, -0.2) is 24.2 Å². The van der Waals surface area contributed by atoms with E-state index in [4.69, 9.17) is 54.1 Å². The van der Waals surface area contributed by atoms with Gasteiger partial charge in [-0.1, -0.05) is 12.1 Å². The Kier molecular flexibility index (Phi) is 15.0. The second kappa shape index (κ2) is 17.7. The number of para-hydroxylation sites is 2. The van der Waals surface area contributed by atoms with E-state index >= 15 is 0 Å². The summed E-state index contributed by atoms with van der Waals surface area (Å²) in [5.74, 6) is -6.33. The predicted octanol–water partition coefficient (Wildman–Crippen LogP) is 1.30. The van der Waals surface area contributed by atoms with Crippen molar-refractivity contribution in [2.45, 2.75) is 39.3 Å². The minimum atomic E-state index is -1.82. The third kappa shape index (κ3) is 12.0. The zero-order chi connectivity index (χ0) is 28.5. The molecule has 1 aromatic heterocycles. The van der Waals surface area contributed by atoms with Gasteiger partial charge in [0, 0.05) is 45.4 Å². The highest BCUT2D eigenvalue weighted by molar-refractivity contribution is 6.27. The van der Waals surface area contributed by atoms with Gasteiger partial charge >= 0.3 is 23.9 Å². The molecule has 0 bridgehead atoms. The number of nitrogens with zero attached hydrogens (tertiary/aromatic N) is 3. The van der Waals surface area contributed by atoms with Crippen molar-refractivity contribution in [3.63, 3.8) is 0 Å². The van der Waals surface area contributed by atoms with E-state index in [1.165, 1.54) is 5.52 Å². The zero-order valence-electron chi connectivity index (χ0n) is 21.5. The van der Waals surface area contributed by atoms with Crippen molar-refractivity contribution in [2.75, 3.05) is 51.4 Å². The number of likely N-dealkylation sites (tertiary alicyclic amines) is 1. The lowest BCUT2D eigenvalue weighted by Gasteiger charge is -2.32. The topological polar surface area (TPSA) is 201 Å². The van der Waals surface area contributed by atoms with Crippen molar-refractivity contribution >= 4 is 40.9 Å². The van der Waals surface area contributed by atoms with Crippen LogP contribution in [0.2, 0.25) is 0 Å². The highest BCUT2D eigenvalue weighted by Gasteiger charge is 2.21. The van der Waals surface area contributed by atoms with Crippen molar-refractivity contribution in [1.82, 2.24) is 14.5 Å². The highest BCUT2D eigenvalue weighted by Crippen LogP contribution is 2.22. The number of carboxylic acids is 4. The Hall–Kier alpha value is -3.75. The van der Waals surface area contributed by atoms with Crippen LogP contribution in [0.4, 0.5) is 5.95 Å². The SMILES string of the molecule is CCOCCN1CCC(Nc2nc3ccccc3n2CCOCC)CC1.O=C(O)C(=O)O.O=C(O)C(=O)O. The Bertz CT molecular complexity index is 986. The molecule has 0 atom stereocenters. The van der Waals surface area contributed by atoms with Gasteiger partial charge in [-0.3, -0.25) is 0 Å². The Morgan fingerprint density at radius 2 is 1.37 bits per heavy atom. The van der Waals surface area contributed by atoms with Gasteiger partial charge in [0.2, 0.25) is 5.95 Å². The zero-order valence-corrected chi connectivity index (χ0v) is 21.5. The third-order valence-electron chi connectivity index (χ3n) is 5.36. The average Bonchev–Trinajstić information content (AvgIpc) is 3.23. The number of anilines is 1. The van der Waals surface area contributed by atoms with Crippen molar-refractivity contribution < 1.29 is 49.1 Å².